The highest BCUT2D eigenvalue weighted by atomic mass is 35.5. The van der Waals surface area contributed by atoms with Gasteiger partial charge in [-0.3, -0.25) is 0 Å². The molecule has 0 atom stereocenters. The number of rotatable bonds is 4. The Labute approximate surface area is 123 Å². The van der Waals surface area contributed by atoms with Crippen molar-refractivity contribution in [2.24, 2.45) is 0 Å². The van der Waals surface area contributed by atoms with Crippen molar-refractivity contribution in [1.82, 2.24) is 4.72 Å². The van der Waals surface area contributed by atoms with Crippen molar-refractivity contribution in [2.75, 3.05) is 5.73 Å². The molecule has 2 aromatic rings. The number of nitrogens with one attached hydrogen (secondary N) is 1. The average molecular weight is 311 g/mol. The van der Waals surface area contributed by atoms with E-state index in [9.17, 15) is 8.42 Å². The van der Waals surface area contributed by atoms with Gasteiger partial charge in [0.25, 0.3) is 0 Å². The standard InChI is InChI=1S/C14H15ClN2O2S/c1-10-7-12(15)14(8-13(10)16)20(18,19)17-9-11-5-3-2-4-6-11/h2-8,17H,9,16H2,1H3. The maximum absolute atomic E-state index is 12.2. The van der Waals surface area contributed by atoms with Gasteiger partial charge in [-0.1, -0.05) is 41.9 Å². The number of halogens is 1. The summed E-state index contributed by atoms with van der Waals surface area (Å²) in [6.45, 7) is 1.97. The summed E-state index contributed by atoms with van der Waals surface area (Å²) in [6, 6.07) is 12.2. The average Bonchev–Trinajstić information content (AvgIpc) is 2.42. The van der Waals surface area contributed by atoms with E-state index in [0.29, 0.717) is 5.69 Å². The van der Waals surface area contributed by atoms with Crippen molar-refractivity contribution in [3.05, 3.63) is 58.6 Å². The Morgan fingerprint density at radius 3 is 2.50 bits per heavy atom. The van der Waals surface area contributed by atoms with Crippen LogP contribution < -0.4 is 10.5 Å². The van der Waals surface area contributed by atoms with Crippen molar-refractivity contribution >= 4 is 27.3 Å². The van der Waals surface area contributed by atoms with Crippen LogP contribution in [0.3, 0.4) is 0 Å². The summed E-state index contributed by atoms with van der Waals surface area (Å²) in [5, 5.41) is 0.164. The fourth-order valence-electron chi connectivity index (χ4n) is 1.73. The summed E-state index contributed by atoms with van der Waals surface area (Å²) in [5.41, 5.74) is 7.76. The second-order valence-corrected chi connectivity index (χ2v) is 6.59. The molecule has 0 aliphatic heterocycles. The number of aryl methyl sites for hydroxylation is 1. The Kier molecular flexibility index (Phi) is 4.32. The molecule has 4 nitrogen and oxygen atoms in total. The van der Waals surface area contributed by atoms with Gasteiger partial charge in [0.1, 0.15) is 4.90 Å². The van der Waals surface area contributed by atoms with Gasteiger partial charge in [-0.05, 0) is 30.2 Å². The van der Waals surface area contributed by atoms with Gasteiger partial charge in [0, 0.05) is 12.2 Å². The largest absolute Gasteiger partial charge is 0.398 e. The van der Waals surface area contributed by atoms with Crippen molar-refractivity contribution in [1.29, 1.82) is 0 Å². The highest BCUT2D eigenvalue weighted by Gasteiger charge is 2.18. The summed E-state index contributed by atoms with van der Waals surface area (Å²) in [4.78, 5) is -0.00167. The van der Waals surface area contributed by atoms with E-state index in [0.717, 1.165) is 11.1 Å². The molecule has 0 saturated carbocycles. The van der Waals surface area contributed by atoms with E-state index < -0.39 is 10.0 Å². The van der Waals surface area contributed by atoms with Crippen molar-refractivity contribution < 1.29 is 8.42 Å². The second-order valence-electron chi connectivity index (χ2n) is 4.45. The molecule has 2 aromatic carbocycles. The molecule has 3 N–H and O–H groups in total. The van der Waals surface area contributed by atoms with Crippen LogP contribution in [0.1, 0.15) is 11.1 Å². The molecule has 0 radical (unpaired) electrons. The monoisotopic (exact) mass is 310 g/mol. The van der Waals surface area contributed by atoms with Gasteiger partial charge < -0.3 is 5.73 Å². The van der Waals surface area contributed by atoms with Gasteiger partial charge in [0.15, 0.2) is 0 Å². The molecule has 0 fully saturated rings. The first-order valence-corrected chi connectivity index (χ1v) is 7.85. The number of sulfonamides is 1. The summed E-state index contributed by atoms with van der Waals surface area (Å²) >= 11 is 5.99. The topological polar surface area (TPSA) is 72.2 Å². The van der Waals surface area contributed by atoms with E-state index in [-0.39, 0.29) is 16.5 Å². The zero-order chi connectivity index (χ0) is 14.8. The molecule has 0 aliphatic rings. The van der Waals surface area contributed by atoms with Gasteiger partial charge in [-0.15, -0.1) is 0 Å². The number of benzene rings is 2. The van der Waals surface area contributed by atoms with Crippen molar-refractivity contribution in [2.45, 2.75) is 18.4 Å². The van der Waals surface area contributed by atoms with E-state index in [2.05, 4.69) is 4.72 Å². The van der Waals surface area contributed by atoms with Crippen LogP contribution in [0.4, 0.5) is 5.69 Å². The Morgan fingerprint density at radius 1 is 1.20 bits per heavy atom. The molecule has 0 bridgehead atoms. The molecule has 0 spiro atoms. The second kappa shape index (κ2) is 5.83. The number of nitrogens with two attached hydrogens (primary N) is 1. The molecule has 0 aliphatic carbocycles. The summed E-state index contributed by atoms with van der Waals surface area (Å²) < 4.78 is 27.0. The highest BCUT2D eigenvalue weighted by molar-refractivity contribution is 7.89. The normalized spacial score (nSPS) is 11.5. The zero-order valence-electron chi connectivity index (χ0n) is 10.9. The molecule has 106 valence electrons. The van der Waals surface area contributed by atoms with Crippen LogP contribution in [-0.2, 0) is 16.6 Å². The number of anilines is 1. The van der Waals surface area contributed by atoms with E-state index in [4.69, 9.17) is 17.3 Å². The number of hydrogen-bond donors (Lipinski definition) is 2. The van der Waals surface area contributed by atoms with Gasteiger partial charge >= 0.3 is 0 Å². The minimum absolute atomic E-state index is 0.00167. The molecular weight excluding hydrogens is 296 g/mol. The lowest BCUT2D eigenvalue weighted by molar-refractivity contribution is 0.581. The number of hydrogen-bond acceptors (Lipinski definition) is 3. The van der Waals surface area contributed by atoms with Crippen LogP contribution in [0, 0.1) is 6.92 Å². The quantitative estimate of drug-likeness (QED) is 0.853. The number of nitrogen functional groups attached to an aromatic ring is 1. The van der Waals surface area contributed by atoms with Crippen LogP contribution in [0.25, 0.3) is 0 Å². The van der Waals surface area contributed by atoms with Crippen LogP contribution in [-0.4, -0.2) is 8.42 Å². The van der Waals surface area contributed by atoms with E-state index >= 15 is 0 Å². The smallest absolute Gasteiger partial charge is 0.242 e. The highest BCUT2D eigenvalue weighted by Crippen LogP contribution is 2.26. The molecule has 0 aromatic heterocycles. The fraction of sp³-hybridized carbons (Fsp3) is 0.143. The Morgan fingerprint density at radius 2 is 1.85 bits per heavy atom. The molecule has 6 heteroatoms. The van der Waals surface area contributed by atoms with Gasteiger partial charge in [-0.25, -0.2) is 13.1 Å². The lowest BCUT2D eigenvalue weighted by Gasteiger charge is -2.10. The summed E-state index contributed by atoms with van der Waals surface area (Å²) in [6.07, 6.45) is 0. The predicted octanol–water partition coefficient (Wildman–Crippen LogP) is 2.71. The molecule has 0 unspecified atom stereocenters. The van der Waals surface area contributed by atoms with Crippen LogP contribution in [0.15, 0.2) is 47.4 Å². The van der Waals surface area contributed by atoms with Gasteiger partial charge in [0.2, 0.25) is 10.0 Å². The predicted molar refractivity (Wildman–Crippen MR) is 81.1 cm³/mol. The molecule has 0 amide bonds. The minimum atomic E-state index is -3.69. The first-order chi connectivity index (χ1) is 9.40. The molecular formula is C14H15ClN2O2S. The van der Waals surface area contributed by atoms with Gasteiger partial charge in [-0.2, -0.15) is 0 Å². The molecule has 2 rings (SSSR count). The maximum atomic E-state index is 12.2. The summed E-state index contributed by atoms with van der Waals surface area (Å²) in [7, 11) is -3.69. The SMILES string of the molecule is Cc1cc(Cl)c(S(=O)(=O)NCc2ccccc2)cc1N. The van der Waals surface area contributed by atoms with Crippen LogP contribution in [0.2, 0.25) is 5.02 Å². The van der Waals surface area contributed by atoms with Crippen LogP contribution in [0.5, 0.6) is 0 Å². The molecule has 20 heavy (non-hydrogen) atoms. The third-order valence-electron chi connectivity index (χ3n) is 2.92. The lowest BCUT2D eigenvalue weighted by atomic mass is 10.2. The Bertz CT molecular complexity index is 715. The van der Waals surface area contributed by atoms with E-state index in [1.807, 2.05) is 30.3 Å². The Hall–Kier alpha value is -1.56. The third-order valence-corrected chi connectivity index (χ3v) is 4.79. The van der Waals surface area contributed by atoms with Crippen molar-refractivity contribution in [3.8, 4) is 0 Å². The fourth-order valence-corrected chi connectivity index (χ4v) is 3.36. The zero-order valence-corrected chi connectivity index (χ0v) is 12.5. The summed E-state index contributed by atoms with van der Waals surface area (Å²) in [5.74, 6) is 0. The first kappa shape index (κ1) is 14.8. The van der Waals surface area contributed by atoms with E-state index in [1.165, 1.54) is 6.07 Å². The molecule has 0 saturated heterocycles. The minimum Gasteiger partial charge on any atom is -0.398 e. The van der Waals surface area contributed by atoms with Crippen molar-refractivity contribution in [3.63, 3.8) is 0 Å². The third kappa shape index (κ3) is 3.30. The van der Waals surface area contributed by atoms with E-state index in [1.54, 1.807) is 13.0 Å². The van der Waals surface area contributed by atoms with Crippen LogP contribution >= 0.6 is 11.6 Å². The Balaban J connectivity index is 2.25. The first-order valence-electron chi connectivity index (χ1n) is 5.99. The molecule has 0 heterocycles. The lowest BCUT2D eigenvalue weighted by Crippen LogP contribution is -2.23. The maximum Gasteiger partial charge on any atom is 0.242 e. The van der Waals surface area contributed by atoms with Gasteiger partial charge in [0.05, 0.1) is 5.02 Å².